The van der Waals surface area contributed by atoms with Gasteiger partial charge in [0.05, 0.1) is 29.5 Å². The summed E-state index contributed by atoms with van der Waals surface area (Å²) in [4.78, 5) is 12.8. The van der Waals surface area contributed by atoms with Crippen LogP contribution in [0.5, 0.6) is 0 Å². The SMILES string of the molecule is C[C@@H](CC(=O)N[C@@H]1CCCc2c1cnn2-c1ccc(F)cc1)n1nnc2ccccc21. The molecule has 1 aliphatic carbocycles. The van der Waals surface area contributed by atoms with Crippen molar-refractivity contribution in [1.29, 1.82) is 0 Å². The van der Waals surface area contributed by atoms with E-state index in [-0.39, 0.29) is 23.8 Å². The average Bonchev–Trinajstić information content (AvgIpc) is 3.39. The number of carbonyl (C=O) groups excluding carboxylic acids is 1. The standard InChI is InChI=1S/C23H23FN6O/c1-15(29-22-7-3-2-5-20(22)27-28-29)13-23(31)26-19-6-4-8-21-18(19)14-25-30(21)17-11-9-16(24)10-12-17/h2-3,5,7,9-12,14-15,19H,4,6,8,13H2,1H3,(H,26,31)/t15-,19+/m0/s1. The zero-order chi connectivity index (χ0) is 21.4. The molecule has 1 aliphatic rings. The molecule has 5 rings (SSSR count). The van der Waals surface area contributed by atoms with Crippen molar-refractivity contribution in [3.8, 4) is 5.69 Å². The van der Waals surface area contributed by atoms with E-state index in [1.807, 2.05) is 42.1 Å². The highest BCUT2D eigenvalue weighted by Gasteiger charge is 2.27. The van der Waals surface area contributed by atoms with Gasteiger partial charge in [-0.15, -0.1) is 5.10 Å². The normalized spacial score (nSPS) is 16.8. The van der Waals surface area contributed by atoms with E-state index in [0.717, 1.165) is 47.2 Å². The van der Waals surface area contributed by atoms with E-state index >= 15 is 0 Å². The first-order valence-electron chi connectivity index (χ1n) is 10.5. The number of rotatable bonds is 5. The Kier molecular flexibility index (Phi) is 4.97. The average molecular weight is 418 g/mol. The number of nitrogens with one attached hydrogen (secondary N) is 1. The van der Waals surface area contributed by atoms with Crippen molar-refractivity contribution < 1.29 is 9.18 Å². The summed E-state index contributed by atoms with van der Waals surface area (Å²) in [5.41, 5.74) is 4.66. The van der Waals surface area contributed by atoms with Gasteiger partial charge < -0.3 is 5.32 Å². The third kappa shape index (κ3) is 3.69. The van der Waals surface area contributed by atoms with Gasteiger partial charge in [0.2, 0.25) is 5.91 Å². The van der Waals surface area contributed by atoms with Gasteiger partial charge in [0.1, 0.15) is 11.3 Å². The quantitative estimate of drug-likeness (QED) is 0.533. The van der Waals surface area contributed by atoms with Crippen LogP contribution in [-0.4, -0.2) is 30.7 Å². The number of aromatic nitrogens is 5. The van der Waals surface area contributed by atoms with Gasteiger partial charge in [-0.2, -0.15) is 5.10 Å². The number of carbonyl (C=O) groups is 1. The lowest BCUT2D eigenvalue weighted by Crippen LogP contribution is -2.32. The predicted octanol–water partition coefficient (Wildman–Crippen LogP) is 3.90. The molecule has 2 heterocycles. The fourth-order valence-electron chi connectivity index (χ4n) is 4.33. The largest absolute Gasteiger partial charge is 0.349 e. The van der Waals surface area contributed by atoms with Gasteiger partial charge in [0.25, 0.3) is 0 Å². The molecule has 1 amide bonds. The first-order chi connectivity index (χ1) is 15.1. The minimum absolute atomic E-state index is 0.0283. The lowest BCUT2D eigenvalue weighted by Gasteiger charge is -2.25. The molecule has 158 valence electrons. The molecule has 2 atom stereocenters. The number of para-hydroxylation sites is 1. The Morgan fingerprint density at radius 1 is 1.23 bits per heavy atom. The van der Waals surface area contributed by atoms with Crippen molar-refractivity contribution in [3.63, 3.8) is 0 Å². The Labute approximate surface area is 178 Å². The zero-order valence-corrected chi connectivity index (χ0v) is 17.2. The molecule has 0 fully saturated rings. The molecule has 0 aliphatic heterocycles. The van der Waals surface area contributed by atoms with E-state index < -0.39 is 0 Å². The van der Waals surface area contributed by atoms with E-state index in [1.54, 1.807) is 16.8 Å². The highest BCUT2D eigenvalue weighted by atomic mass is 19.1. The van der Waals surface area contributed by atoms with Gasteiger partial charge in [-0.1, -0.05) is 17.3 Å². The van der Waals surface area contributed by atoms with E-state index in [0.29, 0.717) is 6.42 Å². The fraction of sp³-hybridized carbons (Fsp3) is 0.304. The van der Waals surface area contributed by atoms with Crippen molar-refractivity contribution in [3.05, 3.63) is 71.8 Å². The van der Waals surface area contributed by atoms with E-state index in [1.165, 1.54) is 12.1 Å². The van der Waals surface area contributed by atoms with Crippen LogP contribution in [0, 0.1) is 5.82 Å². The second kappa shape index (κ2) is 7.94. The summed E-state index contributed by atoms with van der Waals surface area (Å²) in [6.45, 7) is 1.97. The molecule has 2 aromatic heterocycles. The molecule has 0 saturated carbocycles. The van der Waals surface area contributed by atoms with Crippen molar-refractivity contribution >= 4 is 16.9 Å². The maximum atomic E-state index is 13.3. The Balaban J connectivity index is 1.31. The van der Waals surface area contributed by atoms with Crippen molar-refractivity contribution in [2.45, 2.75) is 44.7 Å². The zero-order valence-electron chi connectivity index (χ0n) is 17.2. The lowest BCUT2D eigenvalue weighted by molar-refractivity contribution is -0.122. The van der Waals surface area contributed by atoms with Gasteiger partial charge in [-0.25, -0.2) is 13.8 Å². The Hall–Kier alpha value is -3.55. The first-order valence-corrected chi connectivity index (χ1v) is 10.5. The molecule has 4 aromatic rings. The third-order valence-corrected chi connectivity index (χ3v) is 5.87. The topological polar surface area (TPSA) is 77.6 Å². The Morgan fingerprint density at radius 3 is 2.87 bits per heavy atom. The molecule has 0 saturated heterocycles. The summed E-state index contributed by atoms with van der Waals surface area (Å²) in [7, 11) is 0. The van der Waals surface area contributed by atoms with E-state index in [2.05, 4.69) is 20.7 Å². The first kappa shape index (κ1) is 19.4. The molecule has 0 bridgehead atoms. The highest BCUT2D eigenvalue weighted by Crippen LogP contribution is 2.31. The lowest BCUT2D eigenvalue weighted by atomic mass is 9.92. The van der Waals surface area contributed by atoms with Crippen LogP contribution < -0.4 is 5.32 Å². The summed E-state index contributed by atoms with van der Waals surface area (Å²) < 4.78 is 16.9. The summed E-state index contributed by atoms with van der Waals surface area (Å²) in [6, 6.07) is 13.8. The number of fused-ring (bicyclic) bond motifs is 2. The summed E-state index contributed by atoms with van der Waals surface area (Å²) in [5, 5.41) is 16.1. The van der Waals surface area contributed by atoms with Crippen LogP contribution in [0.4, 0.5) is 4.39 Å². The minimum atomic E-state index is -0.274. The minimum Gasteiger partial charge on any atom is -0.349 e. The molecule has 2 aromatic carbocycles. The number of hydrogen-bond acceptors (Lipinski definition) is 4. The molecule has 1 N–H and O–H groups in total. The van der Waals surface area contributed by atoms with Crippen molar-refractivity contribution in [1.82, 2.24) is 30.1 Å². The third-order valence-electron chi connectivity index (χ3n) is 5.87. The van der Waals surface area contributed by atoms with Gasteiger partial charge in [0, 0.05) is 17.7 Å². The van der Waals surface area contributed by atoms with Crippen molar-refractivity contribution in [2.24, 2.45) is 0 Å². The molecule has 31 heavy (non-hydrogen) atoms. The maximum absolute atomic E-state index is 13.3. The molecule has 0 unspecified atom stereocenters. The predicted molar refractivity (Wildman–Crippen MR) is 114 cm³/mol. The fourth-order valence-corrected chi connectivity index (χ4v) is 4.33. The van der Waals surface area contributed by atoms with Crippen LogP contribution in [0.15, 0.2) is 54.7 Å². The number of amides is 1. The second-order valence-corrected chi connectivity index (χ2v) is 8.02. The monoisotopic (exact) mass is 418 g/mol. The van der Waals surface area contributed by atoms with Gasteiger partial charge in [0.15, 0.2) is 0 Å². The second-order valence-electron chi connectivity index (χ2n) is 8.02. The van der Waals surface area contributed by atoms with E-state index in [9.17, 15) is 9.18 Å². The Bertz CT molecular complexity index is 1230. The van der Waals surface area contributed by atoms with Crippen LogP contribution in [0.1, 0.15) is 49.5 Å². The van der Waals surface area contributed by atoms with Crippen LogP contribution in [-0.2, 0) is 11.2 Å². The van der Waals surface area contributed by atoms with Crippen LogP contribution in [0.2, 0.25) is 0 Å². The molecule has 7 nitrogen and oxygen atoms in total. The number of benzene rings is 2. The van der Waals surface area contributed by atoms with Crippen LogP contribution in [0.3, 0.4) is 0 Å². The summed E-state index contributed by atoms with van der Waals surface area (Å²) >= 11 is 0. The smallest absolute Gasteiger partial charge is 0.222 e. The number of hydrogen-bond donors (Lipinski definition) is 1. The Morgan fingerprint density at radius 2 is 2.03 bits per heavy atom. The van der Waals surface area contributed by atoms with Gasteiger partial charge in [-0.05, 0) is 62.6 Å². The molecule has 0 spiro atoms. The molecule has 0 radical (unpaired) electrons. The van der Waals surface area contributed by atoms with Crippen LogP contribution >= 0.6 is 0 Å². The number of halogens is 1. The molecular weight excluding hydrogens is 395 g/mol. The highest BCUT2D eigenvalue weighted by molar-refractivity contribution is 5.78. The van der Waals surface area contributed by atoms with E-state index in [4.69, 9.17) is 0 Å². The molecular formula is C23H23FN6O. The number of nitrogens with zero attached hydrogens (tertiary/aromatic N) is 5. The summed E-state index contributed by atoms with van der Waals surface area (Å²) in [6.07, 6.45) is 4.82. The van der Waals surface area contributed by atoms with Crippen molar-refractivity contribution in [2.75, 3.05) is 0 Å². The molecule has 8 heteroatoms. The van der Waals surface area contributed by atoms with Gasteiger partial charge in [-0.3, -0.25) is 4.79 Å². The maximum Gasteiger partial charge on any atom is 0.222 e. The van der Waals surface area contributed by atoms with Crippen LogP contribution in [0.25, 0.3) is 16.7 Å². The summed E-state index contributed by atoms with van der Waals surface area (Å²) in [5.74, 6) is -0.302. The van der Waals surface area contributed by atoms with Gasteiger partial charge >= 0.3 is 0 Å².